The normalized spacial score (nSPS) is 32.6. The summed E-state index contributed by atoms with van der Waals surface area (Å²) >= 11 is 0. The number of benzene rings is 1. The average Bonchev–Trinajstić information content (AvgIpc) is 3.33. The topological polar surface area (TPSA) is 78.1 Å². The number of rotatable bonds is 8. The number of aryl methyl sites for hydroxylation is 1. The minimum Gasteiger partial charge on any atom is -0.358 e. The molecule has 0 unspecified atom stereocenters. The Hall–Kier alpha value is -3.15. The van der Waals surface area contributed by atoms with Crippen molar-refractivity contribution in [1.82, 2.24) is 20.2 Å². The molecule has 6 fully saturated rings. The Labute approximate surface area is 261 Å². The quantitative estimate of drug-likeness (QED) is 0.286. The van der Waals surface area contributed by atoms with Gasteiger partial charge in [0.2, 0.25) is 11.8 Å². The molecule has 2 amide bonds. The summed E-state index contributed by atoms with van der Waals surface area (Å²) < 4.78 is 0. The molecular weight excluding hydrogens is 544 g/mol. The first kappa shape index (κ1) is 28.3. The Bertz CT molecular complexity index is 1550. The van der Waals surface area contributed by atoms with Crippen LogP contribution in [0, 0.1) is 36.0 Å². The van der Waals surface area contributed by atoms with Gasteiger partial charge in [0.1, 0.15) is 5.54 Å². The van der Waals surface area contributed by atoms with E-state index in [1.165, 1.54) is 35.9 Å². The minimum absolute atomic E-state index is 0.00958. The van der Waals surface area contributed by atoms with Crippen LogP contribution in [0.2, 0.25) is 0 Å². The predicted molar refractivity (Wildman–Crippen MR) is 173 cm³/mol. The lowest BCUT2D eigenvalue weighted by Gasteiger charge is -2.57. The zero-order valence-electron chi connectivity index (χ0n) is 26.7. The van der Waals surface area contributed by atoms with E-state index in [0.29, 0.717) is 18.9 Å². The number of carbonyl (C=O) groups excluding carboxylic acids is 2. The van der Waals surface area contributed by atoms with Gasteiger partial charge in [-0.05, 0) is 117 Å². The van der Waals surface area contributed by atoms with E-state index < -0.39 is 5.54 Å². The highest BCUT2D eigenvalue weighted by atomic mass is 16.2. The second-order valence-electron chi connectivity index (χ2n) is 16.1. The largest absolute Gasteiger partial charge is 0.358 e. The van der Waals surface area contributed by atoms with Crippen LogP contribution >= 0.6 is 0 Å². The molecule has 6 saturated carbocycles. The van der Waals surface area contributed by atoms with Gasteiger partial charge in [0.25, 0.3) is 0 Å². The Kier molecular flexibility index (Phi) is 6.56. The Balaban J connectivity index is 1.10. The van der Waals surface area contributed by atoms with Crippen LogP contribution in [0.5, 0.6) is 0 Å². The fraction of sp³-hybridized carbons (Fsp3) is 0.605. The number of aromatic amines is 1. The summed E-state index contributed by atoms with van der Waals surface area (Å²) in [6, 6.07) is 12.5. The first-order valence-corrected chi connectivity index (χ1v) is 17.3. The maximum atomic E-state index is 14.7. The molecule has 0 aliphatic heterocycles. The van der Waals surface area contributed by atoms with E-state index in [1.54, 1.807) is 6.20 Å². The van der Waals surface area contributed by atoms with Crippen molar-refractivity contribution >= 4 is 22.7 Å². The predicted octanol–water partition coefficient (Wildman–Crippen LogP) is 7.43. The molecule has 2 aromatic heterocycles. The van der Waals surface area contributed by atoms with E-state index in [2.05, 4.69) is 60.3 Å². The third-order valence-electron chi connectivity index (χ3n) is 12.9. The molecule has 2 N–H and O–H groups in total. The first-order valence-electron chi connectivity index (χ1n) is 17.3. The monoisotopic (exact) mass is 592 g/mol. The van der Waals surface area contributed by atoms with Gasteiger partial charge in [-0.3, -0.25) is 14.6 Å². The molecule has 0 radical (unpaired) electrons. The number of amides is 2. The summed E-state index contributed by atoms with van der Waals surface area (Å²) in [5, 5.41) is 4.99. The van der Waals surface area contributed by atoms with Crippen molar-refractivity contribution in [3.63, 3.8) is 0 Å². The summed E-state index contributed by atoms with van der Waals surface area (Å²) in [7, 11) is 0. The number of pyridine rings is 1. The zero-order chi connectivity index (χ0) is 30.3. The average molecular weight is 593 g/mol. The second kappa shape index (κ2) is 10.2. The first-order chi connectivity index (χ1) is 21.2. The number of para-hydroxylation sites is 1. The van der Waals surface area contributed by atoms with Gasteiger partial charge in [0, 0.05) is 47.5 Å². The standard InChI is InChI=1S/C38H48N4O2/c1-24-33(29-10-4-5-11-31(29)40-24)34-30(36(34,2)3)18-32(43)42(23-25-9-8-14-39-22-25)38(12-6-7-13-38)35(44)41-37-19-26-15-27(20-37)17-28(16-26)21-37/h4-5,8-11,14,22,26-28,30,34,40H,6-7,12-13,15-21,23H2,1-3H3,(H,41,44)/t26?,27?,28?,30-,34-,37?/m0/s1. The van der Waals surface area contributed by atoms with Crippen molar-refractivity contribution in [2.75, 3.05) is 0 Å². The lowest BCUT2D eigenvalue weighted by atomic mass is 9.53. The number of hydrogen-bond acceptors (Lipinski definition) is 3. The SMILES string of the molecule is Cc1[nH]c2ccccc2c1[C@@H]1[C@H](CC(=O)N(Cc2cccnc2)C2(C(=O)NC34CC5CC(CC(C5)C3)C4)CCCC2)C1(C)C. The van der Waals surface area contributed by atoms with Crippen LogP contribution in [-0.2, 0) is 16.1 Å². The number of fused-ring (bicyclic) bond motifs is 1. The minimum atomic E-state index is -0.790. The van der Waals surface area contributed by atoms with Crippen molar-refractivity contribution < 1.29 is 9.59 Å². The molecule has 6 nitrogen and oxygen atoms in total. The van der Waals surface area contributed by atoms with Crippen LogP contribution in [0.4, 0.5) is 0 Å². The molecule has 232 valence electrons. The molecule has 44 heavy (non-hydrogen) atoms. The van der Waals surface area contributed by atoms with Gasteiger partial charge in [-0.2, -0.15) is 0 Å². The number of aromatic nitrogens is 2. The highest BCUT2D eigenvalue weighted by Gasteiger charge is 2.61. The summed E-state index contributed by atoms with van der Waals surface area (Å²) in [5.41, 5.74) is 3.87. The van der Waals surface area contributed by atoms with E-state index in [4.69, 9.17) is 0 Å². The molecule has 0 saturated heterocycles. The summed E-state index contributed by atoms with van der Waals surface area (Å²) in [6.45, 7) is 7.23. The number of nitrogens with zero attached hydrogens (tertiary/aromatic N) is 2. The van der Waals surface area contributed by atoms with Crippen molar-refractivity contribution in [3.05, 3.63) is 65.6 Å². The molecule has 1 aromatic carbocycles. The van der Waals surface area contributed by atoms with Crippen molar-refractivity contribution in [1.29, 1.82) is 0 Å². The lowest BCUT2D eigenvalue weighted by Crippen LogP contribution is -2.66. The van der Waals surface area contributed by atoms with Crippen LogP contribution in [0.3, 0.4) is 0 Å². The smallest absolute Gasteiger partial charge is 0.246 e. The molecule has 6 heteroatoms. The Morgan fingerprint density at radius 3 is 2.32 bits per heavy atom. The van der Waals surface area contributed by atoms with E-state index in [-0.39, 0.29) is 28.7 Å². The van der Waals surface area contributed by atoms with Crippen molar-refractivity contribution in [2.45, 2.75) is 115 Å². The zero-order valence-corrected chi connectivity index (χ0v) is 26.7. The maximum Gasteiger partial charge on any atom is 0.246 e. The van der Waals surface area contributed by atoms with E-state index >= 15 is 0 Å². The van der Waals surface area contributed by atoms with Gasteiger partial charge in [0.05, 0.1) is 0 Å². The maximum absolute atomic E-state index is 14.7. The molecule has 0 spiro atoms. The van der Waals surface area contributed by atoms with Gasteiger partial charge >= 0.3 is 0 Å². The highest BCUT2D eigenvalue weighted by Crippen LogP contribution is 2.67. The third-order valence-corrected chi connectivity index (χ3v) is 12.9. The number of hydrogen-bond donors (Lipinski definition) is 2. The lowest BCUT2D eigenvalue weighted by molar-refractivity contribution is -0.152. The fourth-order valence-electron chi connectivity index (χ4n) is 11.0. The highest BCUT2D eigenvalue weighted by molar-refractivity contribution is 5.93. The van der Waals surface area contributed by atoms with Crippen molar-refractivity contribution in [3.8, 4) is 0 Å². The van der Waals surface area contributed by atoms with E-state index in [0.717, 1.165) is 73.8 Å². The van der Waals surface area contributed by atoms with E-state index in [1.807, 2.05) is 23.2 Å². The summed E-state index contributed by atoms with van der Waals surface area (Å²) in [4.78, 5) is 39.4. The molecule has 6 aliphatic carbocycles. The molecule has 2 heterocycles. The summed E-state index contributed by atoms with van der Waals surface area (Å²) in [5.74, 6) is 3.06. The molecule has 9 rings (SSSR count). The third kappa shape index (κ3) is 4.53. The molecule has 2 atom stereocenters. The van der Waals surface area contributed by atoms with Crippen LogP contribution in [0.1, 0.15) is 107 Å². The summed E-state index contributed by atoms with van der Waals surface area (Å²) in [6.07, 6.45) is 15.0. The molecule has 6 aliphatic rings. The van der Waals surface area contributed by atoms with Crippen LogP contribution < -0.4 is 5.32 Å². The molecule has 3 aromatic rings. The van der Waals surface area contributed by atoms with Gasteiger partial charge in [-0.25, -0.2) is 0 Å². The van der Waals surface area contributed by atoms with Gasteiger partial charge < -0.3 is 15.2 Å². The van der Waals surface area contributed by atoms with E-state index in [9.17, 15) is 9.59 Å². The van der Waals surface area contributed by atoms with Crippen LogP contribution in [-0.4, -0.2) is 37.8 Å². The number of carbonyl (C=O) groups is 2. The van der Waals surface area contributed by atoms with Gasteiger partial charge in [0.15, 0.2) is 0 Å². The van der Waals surface area contributed by atoms with Gasteiger partial charge in [-0.1, -0.05) is 51.0 Å². The van der Waals surface area contributed by atoms with Crippen LogP contribution in [0.25, 0.3) is 10.9 Å². The van der Waals surface area contributed by atoms with Crippen molar-refractivity contribution in [2.24, 2.45) is 29.1 Å². The fourth-order valence-corrected chi connectivity index (χ4v) is 11.0. The second-order valence-corrected chi connectivity index (χ2v) is 16.1. The van der Waals surface area contributed by atoms with Gasteiger partial charge in [-0.15, -0.1) is 0 Å². The molecule has 4 bridgehead atoms. The number of nitrogens with one attached hydrogen (secondary N) is 2. The molecular formula is C38H48N4O2. The number of H-pyrrole nitrogens is 1. The van der Waals surface area contributed by atoms with Crippen LogP contribution in [0.15, 0.2) is 48.8 Å². The Morgan fingerprint density at radius 1 is 0.977 bits per heavy atom. The Morgan fingerprint density at radius 2 is 1.66 bits per heavy atom.